The van der Waals surface area contributed by atoms with E-state index in [0.29, 0.717) is 33.5 Å². The minimum atomic E-state index is -0.284. The lowest BCUT2D eigenvalue weighted by Crippen LogP contribution is -2.38. The van der Waals surface area contributed by atoms with E-state index in [1.54, 1.807) is 42.5 Å². The van der Waals surface area contributed by atoms with Gasteiger partial charge in [0.15, 0.2) is 6.61 Å². The number of nitrogens with one attached hydrogen (secondary N) is 2. The molecule has 0 fully saturated rings. The van der Waals surface area contributed by atoms with Crippen molar-refractivity contribution in [2.24, 2.45) is 0 Å². The summed E-state index contributed by atoms with van der Waals surface area (Å²) < 4.78 is 10.8. The highest BCUT2D eigenvalue weighted by atomic mass is 35.5. The van der Waals surface area contributed by atoms with E-state index in [-0.39, 0.29) is 37.0 Å². The van der Waals surface area contributed by atoms with Crippen LogP contribution in [0.4, 0.5) is 16.2 Å². The molecule has 1 aliphatic heterocycles. The summed E-state index contributed by atoms with van der Waals surface area (Å²) in [6, 6.07) is 12.0. The SMILES string of the molecule is CC[C@@H](C)NC(=O)Nc1cccc(-c2noc(CN3C(=O)COc4ccc(Cl)cc43)n2)c1. The van der Waals surface area contributed by atoms with Gasteiger partial charge in [0.1, 0.15) is 12.3 Å². The van der Waals surface area contributed by atoms with Crippen molar-refractivity contribution in [3.8, 4) is 17.1 Å². The molecule has 1 aromatic heterocycles. The number of carbonyl (C=O) groups excluding carboxylic acids is 2. The number of rotatable bonds is 6. The second-order valence-electron chi connectivity index (χ2n) is 7.38. The summed E-state index contributed by atoms with van der Waals surface area (Å²) in [6.45, 7) is 3.93. The molecule has 1 atom stereocenters. The van der Waals surface area contributed by atoms with Crippen molar-refractivity contribution >= 4 is 34.9 Å². The molecule has 3 amide bonds. The van der Waals surface area contributed by atoms with Gasteiger partial charge in [-0.1, -0.05) is 35.8 Å². The van der Waals surface area contributed by atoms with Gasteiger partial charge >= 0.3 is 6.03 Å². The number of halogens is 1. The van der Waals surface area contributed by atoms with Crippen molar-refractivity contribution in [1.29, 1.82) is 0 Å². The maximum atomic E-state index is 12.4. The quantitative estimate of drug-likeness (QED) is 0.575. The lowest BCUT2D eigenvalue weighted by atomic mass is 10.2. The Morgan fingerprint density at radius 3 is 2.94 bits per heavy atom. The number of nitrogens with zero attached hydrogens (tertiary/aromatic N) is 3. The van der Waals surface area contributed by atoms with Gasteiger partial charge in [0.2, 0.25) is 11.7 Å². The summed E-state index contributed by atoms with van der Waals surface area (Å²) in [5.74, 6) is 0.924. The molecule has 0 unspecified atom stereocenters. The minimum absolute atomic E-state index is 0.0702. The van der Waals surface area contributed by atoms with Crippen molar-refractivity contribution < 1.29 is 18.8 Å². The highest BCUT2D eigenvalue weighted by Gasteiger charge is 2.27. The lowest BCUT2D eigenvalue weighted by molar-refractivity contribution is -0.121. The number of hydrogen-bond donors (Lipinski definition) is 2. The van der Waals surface area contributed by atoms with Crippen molar-refractivity contribution in [3.63, 3.8) is 0 Å². The molecule has 9 nitrogen and oxygen atoms in total. The summed E-state index contributed by atoms with van der Waals surface area (Å²) in [6.07, 6.45) is 0.835. The first-order valence-electron chi connectivity index (χ1n) is 10.2. The van der Waals surface area contributed by atoms with E-state index < -0.39 is 0 Å². The maximum Gasteiger partial charge on any atom is 0.319 e. The molecule has 0 spiro atoms. The number of ether oxygens (including phenoxy) is 1. The van der Waals surface area contributed by atoms with E-state index in [0.717, 1.165) is 6.42 Å². The fourth-order valence-corrected chi connectivity index (χ4v) is 3.32. The molecule has 2 aromatic carbocycles. The number of hydrogen-bond acceptors (Lipinski definition) is 6. The largest absolute Gasteiger partial charge is 0.482 e. The fraction of sp³-hybridized carbons (Fsp3) is 0.273. The van der Waals surface area contributed by atoms with Gasteiger partial charge < -0.3 is 19.9 Å². The predicted molar refractivity (Wildman–Crippen MR) is 120 cm³/mol. The van der Waals surface area contributed by atoms with E-state index in [2.05, 4.69) is 20.8 Å². The minimum Gasteiger partial charge on any atom is -0.482 e. The summed E-state index contributed by atoms with van der Waals surface area (Å²) in [5.41, 5.74) is 1.81. The van der Waals surface area contributed by atoms with Crippen LogP contribution in [0.3, 0.4) is 0 Å². The topological polar surface area (TPSA) is 110 Å². The third-order valence-corrected chi connectivity index (χ3v) is 5.23. The van der Waals surface area contributed by atoms with Crippen molar-refractivity contribution in [1.82, 2.24) is 15.5 Å². The highest BCUT2D eigenvalue weighted by Crippen LogP contribution is 2.35. The van der Waals surface area contributed by atoms with E-state index in [4.69, 9.17) is 20.9 Å². The lowest BCUT2D eigenvalue weighted by Gasteiger charge is -2.28. The number of fused-ring (bicyclic) bond motifs is 1. The molecule has 2 N–H and O–H groups in total. The smallest absolute Gasteiger partial charge is 0.319 e. The molecule has 0 aliphatic carbocycles. The Bertz CT molecular complexity index is 1150. The molecular weight excluding hydrogens is 434 g/mol. The molecule has 2 heterocycles. The Hall–Kier alpha value is -3.59. The Labute approximate surface area is 189 Å². The first kappa shape index (κ1) is 21.6. The fourth-order valence-electron chi connectivity index (χ4n) is 3.15. The van der Waals surface area contributed by atoms with Crippen LogP contribution in [0.2, 0.25) is 5.02 Å². The number of anilines is 2. The van der Waals surface area contributed by atoms with Crippen LogP contribution in [0.5, 0.6) is 5.75 Å². The third-order valence-electron chi connectivity index (χ3n) is 4.99. The Morgan fingerprint density at radius 1 is 1.28 bits per heavy atom. The van der Waals surface area contributed by atoms with Crippen molar-refractivity contribution in [2.75, 3.05) is 16.8 Å². The van der Waals surface area contributed by atoms with Gasteiger partial charge in [-0.15, -0.1) is 0 Å². The van der Waals surface area contributed by atoms with Crippen LogP contribution >= 0.6 is 11.6 Å². The molecule has 10 heteroatoms. The van der Waals surface area contributed by atoms with Gasteiger partial charge in [0.05, 0.1) is 5.69 Å². The van der Waals surface area contributed by atoms with Crippen LogP contribution in [-0.2, 0) is 11.3 Å². The number of amides is 3. The number of benzene rings is 2. The molecule has 32 heavy (non-hydrogen) atoms. The van der Waals surface area contributed by atoms with Crippen LogP contribution in [0.1, 0.15) is 26.2 Å². The molecule has 0 bridgehead atoms. The average molecular weight is 456 g/mol. The van der Waals surface area contributed by atoms with Crippen LogP contribution in [-0.4, -0.2) is 34.7 Å². The maximum absolute atomic E-state index is 12.4. The van der Waals surface area contributed by atoms with Gasteiger partial charge in [-0.25, -0.2) is 4.79 Å². The van der Waals surface area contributed by atoms with Gasteiger partial charge in [0, 0.05) is 22.3 Å². The second kappa shape index (κ2) is 9.27. The first-order valence-corrected chi connectivity index (χ1v) is 10.5. The standard InChI is InChI=1S/C22H22ClN5O4/c1-3-13(2)24-22(30)25-16-6-4-5-14(9-16)21-26-19(32-27-21)11-28-17-10-15(23)7-8-18(17)31-12-20(28)29/h4-10,13H,3,11-12H2,1-2H3,(H2,24,25,30)/t13-/m1/s1. The van der Waals surface area contributed by atoms with Gasteiger partial charge in [-0.05, 0) is 43.7 Å². The second-order valence-corrected chi connectivity index (χ2v) is 7.82. The van der Waals surface area contributed by atoms with Crippen LogP contribution < -0.4 is 20.3 Å². The summed E-state index contributed by atoms with van der Waals surface area (Å²) in [7, 11) is 0. The Balaban J connectivity index is 1.50. The van der Waals surface area contributed by atoms with E-state index in [1.807, 2.05) is 13.8 Å². The van der Waals surface area contributed by atoms with Gasteiger partial charge in [-0.3, -0.25) is 9.69 Å². The normalized spacial score (nSPS) is 13.8. The van der Waals surface area contributed by atoms with Gasteiger partial charge in [-0.2, -0.15) is 4.98 Å². The molecule has 0 saturated carbocycles. The average Bonchev–Trinajstić information content (AvgIpc) is 3.24. The zero-order valence-corrected chi connectivity index (χ0v) is 18.3. The summed E-state index contributed by atoms with van der Waals surface area (Å²) in [5, 5.41) is 10.2. The molecule has 4 rings (SSSR count). The van der Waals surface area contributed by atoms with E-state index >= 15 is 0 Å². The molecular formula is C22H22ClN5O4. The Morgan fingerprint density at radius 2 is 2.12 bits per heavy atom. The van der Waals surface area contributed by atoms with Crippen molar-refractivity contribution in [3.05, 3.63) is 53.4 Å². The molecule has 0 radical (unpaired) electrons. The van der Waals surface area contributed by atoms with Crippen LogP contribution in [0.15, 0.2) is 47.0 Å². The monoisotopic (exact) mass is 455 g/mol. The molecule has 1 aliphatic rings. The van der Waals surface area contributed by atoms with E-state index in [9.17, 15) is 9.59 Å². The summed E-state index contributed by atoms with van der Waals surface area (Å²) in [4.78, 5) is 30.4. The molecule has 0 saturated heterocycles. The Kier molecular flexibility index (Phi) is 6.27. The van der Waals surface area contributed by atoms with Crippen molar-refractivity contribution in [2.45, 2.75) is 32.9 Å². The molecule has 3 aromatic rings. The zero-order chi connectivity index (χ0) is 22.7. The molecule has 166 valence electrons. The predicted octanol–water partition coefficient (Wildman–Crippen LogP) is 4.24. The highest BCUT2D eigenvalue weighted by molar-refractivity contribution is 6.31. The number of carbonyl (C=O) groups is 2. The summed E-state index contributed by atoms with van der Waals surface area (Å²) >= 11 is 6.08. The zero-order valence-electron chi connectivity index (χ0n) is 17.6. The number of aromatic nitrogens is 2. The number of urea groups is 1. The first-order chi connectivity index (χ1) is 15.4. The van der Waals surface area contributed by atoms with Crippen LogP contribution in [0.25, 0.3) is 11.4 Å². The third kappa shape index (κ3) is 4.83. The van der Waals surface area contributed by atoms with E-state index in [1.165, 1.54) is 4.90 Å². The van der Waals surface area contributed by atoms with Gasteiger partial charge in [0.25, 0.3) is 5.91 Å². The van der Waals surface area contributed by atoms with Crippen LogP contribution in [0, 0.1) is 0 Å².